The lowest BCUT2D eigenvalue weighted by molar-refractivity contribution is 0.371. The minimum absolute atomic E-state index is 0.0578. The molecule has 0 bridgehead atoms. The fraction of sp³-hybridized carbons (Fsp3) is 0.316. The highest BCUT2D eigenvalue weighted by atomic mass is 16.5. The van der Waals surface area contributed by atoms with E-state index in [1.807, 2.05) is 22.9 Å². The molecule has 3 aromatic rings. The van der Waals surface area contributed by atoms with E-state index in [0.717, 1.165) is 23.5 Å². The number of nitrogens with zero attached hydrogens (tertiary/aromatic N) is 4. The van der Waals surface area contributed by atoms with Crippen molar-refractivity contribution in [1.29, 1.82) is 0 Å². The molecule has 0 saturated carbocycles. The zero-order valence-corrected chi connectivity index (χ0v) is 15.0. The zero-order chi connectivity index (χ0) is 18.1. The molecule has 2 heterocycles. The fourth-order valence-corrected chi connectivity index (χ4v) is 3.41. The molecule has 2 atom stereocenters. The van der Waals surface area contributed by atoms with Crippen LogP contribution in [0.25, 0.3) is 0 Å². The summed E-state index contributed by atoms with van der Waals surface area (Å²) >= 11 is 0. The number of rotatable bonds is 4. The van der Waals surface area contributed by atoms with Gasteiger partial charge in [0.25, 0.3) is 0 Å². The van der Waals surface area contributed by atoms with Gasteiger partial charge in [-0.25, -0.2) is 4.68 Å². The molecule has 2 aromatic carbocycles. The highest BCUT2D eigenvalue weighted by molar-refractivity contribution is 5.46. The standard InChI is InChI=1S/C19H21N5O2/c1-12-4-6-13(7-5-12)16-11-17(24-19(20-16)21-22-23-24)15-10-14(25-2)8-9-18(15)26-3/h4-10,16-17H,11H2,1-3H3,(H,20,21,23). The van der Waals surface area contributed by atoms with Crippen molar-refractivity contribution in [3.05, 3.63) is 59.2 Å². The van der Waals surface area contributed by atoms with Crippen molar-refractivity contribution in [2.75, 3.05) is 19.5 Å². The van der Waals surface area contributed by atoms with Gasteiger partial charge in [0.05, 0.1) is 26.3 Å². The van der Waals surface area contributed by atoms with Crippen LogP contribution in [0.5, 0.6) is 11.5 Å². The summed E-state index contributed by atoms with van der Waals surface area (Å²) in [7, 11) is 3.33. The van der Waals surface area contributed by atoms with E-state index in [4.69, 9.17) is 9.47 Å². The summed E-state index contributed by atoms with van der Waals surface area (Å²) in [6.07, 6.45) is 0.796. The van der Waals surface area contributed by atoms with Gasteiger partial charge in [-0.05, 0) is 47.5 Å². The average molecular weight is 351 g/mol. The maximum absolute atomic E-state index is 5.59. The molecule has 2 unspecified atom stereocenters. The van der Waals surface area contributed by atoms with E-state index < -0.39 is 0 Å². The zero-order valence-electron chi connectivity index (χ0n) is 15.0. The summed E-state index contributed by atoms with van der Waals surface area (Å²) in [5.41, 5.74) is 3.44. The first kappa shape index (κ1) is 16.4. The van der Waals surface area contributed by atoms with Crippen molar-refractivity contribution in [2.45, 2.75) is 25.4 Å². The number of ether oxygens (including phenoxy) is 2. The fourth-order valence-electron chi connectivity index (χ4n) is 3.41. The first-order valence-corrected chi connectivity index (χ1v) is 8.52. The molecule has 0 aliphatic carbocycles. The van der Waals surface area contributed by atoms with E-state index in [9.17, 15) is 0 Å². The topological polar surface area (TPSA) is 74.1 Å². The van der Waals surface area contributed by atoms with Gasteiger partial charge in [-0.1, -0.05) is 34.9 Å². The van der Waals surface area contributed by atoms with E-state index >= 15 is 0 Å². The Balaban J connectivity index is 1.77. The van der Waals surface area contributed by atoms with E-state index in [1.54, 1.807) is 14.2 Å². The molecule has 0 spiro atoms. The average Bonchev–Trinajstić information content (AvgIpc) is 3.16. The number of hydrogen-bond acceptors (Lipinski definition) is 6. The third kappa shape index (κ3) is 2.85. The number of fused-ring (bicyclic) bond motifs is 1. The Morgan fingerprint density at radius 1 is 1.08 bits per heavy atom. The lowest BCUT2D eigenvalue weighted by atomic mass is 9.92. The molecule has 1 aromatic heterocycles. The Kier molecular flexibility index (Phi) is 4.20. The van der Waals surface area contributed by atoms with Crippen LogP contribution in [-0.2, 0) is 0 Å². The van der Waals surface area contributed by atoms with Crippen molar-refractivity contribution < 1.29 is 9.47 Å². The summed E-state index contributed by atoms with van der Waals surface area (Å²) in [5, 5.41) is 15.6. The summed E-state index contributed by atoms with van der Waals surface area (Å²) < 4.78 is 12.8. The molecule has 7 nitrogen and oxygen atoms in total. The SMILES string of the molecule is COc1ccc(OC)c(C2CC(c3ccc(C)cc3)Nc3nnnn32)c1. The van der Waals surface area contributed by atoms with E-state index in [1.165, 1.54) is 11.1 Å². The lowest BCUT2D eigenvalue weighted by Crippen LogP contribution is -2.28. The van der Waals surface area contributed by atoms with Crippen LogP contribution in [0, 0.1) is 6.92 Å². The van der Waals surface area contributed by atoms with Gasteiger partial charge >= 0.3 is 0 Å². The molecular weight excluding hydrogens is 330 g/mol. The van der Waals surface area contributed by atoms with Gasteiger partial charge < -0.3 is 14.8 Å². The highest BCUT2D eigenvalue weighted by Gasteiger charge is 2.32. The third-order valence-electron chi connectivity index (χ3n) is 4.83. The van der Waals surface area contributed by atoms with Crippen LogP contribution in [0.2, 0.25) is 0 Å². The van der Waals surface area contributed by atoms with E-state index in [0.29, 0.717) is 5.95 Å². The molecule has 0 fully saturated rings. The first-order chi connectivity index (χ1) is 12.7. The summed E-state index contributed by atoms with van der Waals surface area (Å²) in [5.74, 6) is 2.22. The Labute approximate surface area is 151 Å². The summed E-state index contributed by atoms with van der Waals surface area (Å²) in [6.45, 7) is 2.09. The van der Waals surface area contributed by atoms with Crippen LogP contribution in [0.15, 0.2) is 42.5 Å². The van der Waals surface area contributed by atoms with Crippen LogP contribution in [-0.4, -0.2) is 34.4 Å². The molecule has 26 heavy (non-hydrogen) atoms. The molecule has 0 amide bonds. The second-order valence-electron chi connectivity index (χ2n) is 6.41. The van der Waals surface area contributed by atoms with E-state index in [-0.39, 0.29) is 12.1 Å². The molecule has 1 aliphatic rings. The number of nitrogens with one attached hydrogen (secondary N) is 1. The minimum Gasteiger partial charge on any atom is -0.497 e. The number of methoxy groups -OCH3 is 2. The van der Waals surface area contributed by atoms with E-state index in [2.05, 4.69) is 52.0 Å². The monoisotopic (exact) mass is 351 g/mol. The Hall–Kier alpha value is -3.09. The van der Waals surface area contributed by atoms with Gasteiger partial charge in [0, 0.05) is 5.56 Å². The maximum Gasteiger partial charge on any atom is 0.243 e. The van der Waals surface area contributed by atoms with Gasteiger partial charge in [-0.3, -0.25) is 0 Å². The van der Waals surface area contributed by atoms with Crippen LogP contribution >= 0.6 is 0 Å². The van der Waals surface area contributed by atoms with Crippen molar-refractivity contribution in [3.63, 3.8) is 0 Å². The van der Waals surface area contributed by atoms with Crippen LogP contribution in [0.1, 0.15) is 35.2 Å². The maximum atomic E-state index is 5.59. The number of hydrogen-bond donors (Lipinski definition) is 1. The van der Waals surface area contributed by atoms with Crippen molar-refractivity contribution in [1.82, 2.24) is 20.2 Å². The van der Waals surface area contributed by atoms with Crippen molar-refractivity contribution in [2.24, 2.45) is 0 Å². The highest BCUT2D eigenvalue weighted by Crippen LogP contribution is 2.41. The second kappa shape index (κ2) is 6.67. The molecule has 1 N–H and O–H groups in total. The minimum atomic E-state index is -0.0578. The molecule has 1 aliphatic heterocycles. The Morgan fingerprint density at radius 2 is 1.88 bits per heavy atom. The van der Waals surface area contributed by atoms with Gasteiger partial charge in [-0.15, -0.1) is 0 Å². The van der Waals surface area contributed by atoms with Crippen LogP contribution in [0.3, 0.4) is 0 Å². The third-order valence-corrected chi connectivity index (χ3v) is 4.83. The van der Waals surface area contributed by atoms with Gasteiger partial charge in [0.2, 0.25) is 5.95 Å². The predicted octanol–water partition coefficient (Wildman–Crippen LogP) is 3.15. The molecule has 134 valence electrons. The van der Waals surface area contributed by atoms with Gasteiger partial charge in [-0.2, -0.15) is 0 Å². The number of aryl methyl sites for hydroxylation is 1. The second-order valence-corrected chi connectivity index (χ2v) is 6.41. The predicted molar refractivity (Wildman–Crippen MR) is 97.7 cm³/mol. The quantitative estimate of drug-likeness (QED) is 0.778. The molecule has 0 saturated heterocycles. The largest absolute Gasteiger partial charge is 0.497 e. The summed E-state index contributed by atoms with van der Waals surface area (Å²) in [6, 6.07) is 14.4. The number of anilines is 1. The lowest BCUT2D eigenvalue weighted by Gasteiger charge is -2.31. The molecule has 4 rings (SSSR count). The Morgan fingerprint density at radius 3 is 2.62 bits per heavy atom. The van der Waals surface area contributed by atoms with Crippen molar-refractivity contribution in [3.8, 4) is 11.5 Å². The van der Waals surface area contributed by atoms with Crippen molar-refractivity contribution >= 4 is 5.95 Å². The van der Waals surface area contributed by atoms with Crippen LogP contribution in [0.4, 0.5) is 5.95 Å². The number of aromatic nitrogens is 4. The molecular formula is C19H21N5O2. The Bertz CT molecular complexity index is 907. The molecule has 7 heteroatoms. The smallest absolute Gasteiger partial charge is 0.243 e. The number of benzene rings is 2. The van der Waals surface area contributed by atoms with Crippen LogP contribution < -0.4 is 14.8 Å². The first-order valence-electron chi connectivity index (χ1n) is 8.52. The van der Waals surface area contributed by atoms with Gasteiger partial charge in [0.1, 0.15) is 11.5 Å². The van der Waals surface area contributed by atoms with Gasteiger partial charge in [0.15, 0.2) is 0 Å². The summed E-state index contributed by atoms with van der Waals surface area (Å²) in [4.78, 5) is 0. The number of tetrazole rings is 1. The normalized spacial score (nSPS) is 18.7. The molecule has 0 radical (unpaired) electrons.